The number of fused-ring (bicyclic) bond motifs is 3. The van der Waals surface area contributed by atoms with Gasteiger partial charge < -0.3 is 0 Å². The fraction of sp³-hybridized carbons (Fsp3) is 0. The first-order chi connectivity index (χ1) is 6.36. The molecule has 1 aromatic heterocycles. The highest BCUT2D eigenvalue weighted by Crippen LogP contribution is 2.02. The summed E-state index contributed by atoms with van der Waals surface area (Å²) < 4.78 is 0. The monoisotopic (exact) mass is 173 g/mol. The smallest absolute Gasteiger partial charge is 0.267 e. The van der Waals surface area contributed by atoms with E-state index in [1.807, 2.05) is 0 Å². The lowest BCUT2D eigenvalue weighted by Gasteiger charge is -1.89. The molecule has 13 heavy (non-hydrogen) atoms. The Hall–Kier alpha value is -2.11. The molecular formula is C7H3N5O. The number of rotatable bonds is 0. The van der Waals surface area contributed by atoms with Gasteiger partial charge in [-0.1, -0.05) is 0 Å². The van der Waals surface area contributed by atoms with Crippen LogP contribution in [0.15, 0.2) is 21.3 Å². The Morgan fingerprint density at radius 1 is 1.31 bits per heavy atom. The van der Waals surface area contributed by atoms with Crippen molar-refractivity contribution < 1.29 is 4.79 Å². The molecule has 3 rings (SSSR count). The predicted octanol–water partition coefficient (Wildman–Crippen LogP) is -1.35. The fourth-order valence-electron chi connectivity index (χ4n) is 1.28. The van der Waals surface area contributed by atoms with Crippen molar-refractivity contribution in [2.24, 2.45) is 15.1 Å². The molecule has 1 amide bonds. The molecule has 2 aliphatic heterocycles. The maximum absolute atomic E-state index is 11.1. The summed E-state index contributed by atoms with van der Waals surface area (Å²) in [5, 5.41) is 4.94. The van der Waals surface area contributed by atoms with Crippen molar-refractivity contribution in [2.75, 3.05) is 0 Å². The van der Waals surface area contributed by atoms with Crippen LogP contribution in [0.25, 0.3) is 0 Å². The summed E-state index contributed by atoms with van der Waals surface area (Å²) in [6.45, 7) is 0. The Bertz CT molecular complexity index is 559. The van der Waals surface area contributed by atoms with Crippen molar-refractivity contribution >= 4 is 18.1 Å². The predicted molar refractivity (Wildman–Crippen MR) is 42.2 cm³/mol. The van der Waals surface area contributed by atoms with Gasteiger partial charge in [0.15, 0.2) is 5.82 Å². The minimum absolute atomic E-state index is 0.243. The van der Waals surface area contributed by atoms with E-state index in [1.165, 1.54) is 12.5 Å². The number of aromatic nitrogens is 1. The standard InChI is InChI=1S/C7H3N5O/c13-7-3-1-8-6-5(9-2-10-6)4(3)11-12-7/h1-2H,(H,12,13). The molecule has 0 fully saturated rings. The second-order valence-corrected chi connectivity index (χ2v) is 2.62. The van der Waals surface area contributed by atoms with Gasteiger partial charge in [0.1, 0.15) is 17.1 Å². The molecule has 0 unspecified atom stereocenters. The van der Waals surface area contributed by atoms with Crippen LogP contribution in [0, 0.1) is 0 Å². The normalized spacial score (nSPS) is 15.8. The van der Waals surface area contributed by atoms with Gasteiger partial charge in [-0.2, -0.15) is 5.10 Å². The largest absolute Gasteiger partial charge is 0.275 e. The maximum atomic E-state index is 11.1. The molecule has 6 nitrogen and oxygen atoms in total. The van der Waals surface area contributed by atoms with Crippen LogP contribution in [-0.2, 0) is 0 Å². The fourth-order valence-corrected chi connectivity index (χ4v) is 1.28. The Morgan fingerprint density at radius 2 is 2.23 bits per heavy atom. The summed E-state index contributed by atoms with van der Waals surface area (Å²) >= 11 is 0. The van der Waals surface area contributed by atoms with Crippen molar-refractivity contribution in [1.29, 1.82) is 0 Å². The van der Waals surface area contributed by atoms with Gasteiger partial charge in [-0.3, -0.25) is 4.79 Å². The molecule has 0 aliphatic carbocycles. The highest BCUT2D eigenvalue weighted by atomic mass is 16.2. The van der Waals surface area contributed by atoms with E-state index >= 15 is 0 Å². The summed E-state index contributed by atoms with van der Waals surface area (Å²) in [7, 11) is 0. The number of pyridine rings is 1. The van der Waals surface area contributed by atoms with Gasteiger partial charge in [-0.25, -0.2) is 20.4 Å². The van der Waals surface area contributed by atoms with Crippen molar-refractivity contribution in [3.63, 3.8) is 0 Å². The lowest BCUT2D eigenvalue weighted by molar-refractivity contribution is 0.0963. The van der Waals surface area contributed by atoms with Gasteiger partial charge in [0.05, 0.1) is 5.56 Å². The van der Waals surface area contributed by atoms with E-state index in [0.29, 0.717) is 22.1 Å². The van der Waals surface area contributed by atoms with E-state index < -0.39 is 0 Å². The molecule has 6 heteroatoms. The molecule has 62 valence electrons. The van der Waals surface area contributed by atoms with Crippen LogP contribution in [0.4, 0.5) is 5.82 Å². The molecule has 0 saturated heterocycles. The summed E-state index contributed by atoms with van der Waals surface area (Å²) in [5.41, 5.74) is 2.80. The molecule has 0 atom stereocenters. The highest BCUT2D eigenvalue weighted by Gasteiger charge is 2.18. The highest BCUT2D eigenvalue weighted by molar-refractivity contribution is 5.95. The first-order valence-corrected chi connectivity index (χ1v) is 3.64. The van der Waals surface area contributed by atoms with Gasteiger partial charge in [-0.15, -0.1) is 0 Å². The molecule has 3 heterocycles. The average molecular weight is 173 g/mol. The number of carbonyl (C=O) groups excluding carboxylic acids is 1. The Balaban J connectivity index is 2.53. The minimum atomic E-state index is -0.243. The van der Waals surface area contributed by atoms with E-state index in [1.54, 1.807) is 0 Å². The van der Waals surface area contributed by atoms with Crippen LogP contribution < -0.4 is 16.1 Å². The molecule has 1 aromatic rings. The summed E-state index contributed by atoms with van der Waals surface area (Å²) in [5.74, 6) is 0.270. The van der Waals surface area contributed by atoms with E-state index in [-0.39, 0.29) is 5.91 Å². The average Bonchev–Trinajstić information content (AvgIpc) is 2.70. The number of hydrogen-bond donors (Lipinski definition) is 1. The van der Waals surface area contributed by atoms with Gasteiger partial charge >= 0.3 is 0 Å². The second kappa shape index (κ2) is 1.98. The van der Waals surface area contributed by atoms with E-state index in [4.69, 9.17) is 0 Å². The van der Waals surface area contributed by atoms with Crippen molar-refractivity contribution in [2.45, 2.75) is 0 Å². The van der Waals surface area contributed by atoms with E-state index in [9.17, 15) is 4.79 Å². The van der Waals surface area contributed by atoms with E-state index in [0.717, 1.165) is 0 Å². The summed E-state index contributed by atoms with van der Waals surface area (Å²) in [6.07, 6.45) is 2.86. The van der Waals surface area contributed by atoms with Gasteiger partial charge in [0, 0.05) is 6.20 Å². The van der Waals surface area contributed by atoms with Gasteiger partial charge in [0.25, 0.3) is 5.91 Å². The molecule has 1 N–H and O–H groups in total. The third kappa shape index (κ3) is 0.689. The van der Waals surface area contributed by atoms with Crippen LogP contribution in [0.5, 0.6) is 0 Å². The van der Waals surface area contributed by atoms with Gasteiger partial charge in [0.2, 0.25) is 0 Å². The van der Waals surface area contributed by atoms with Crippen LogP contribution in [0.1, 0.15) is 10.4 Å². The summed E-state index contributed by atoms with van der Waals surface area (Å²) in [4.78, 5) is 23.0. The Labute approximate surface area is 71.7 Å². The first-order valence-electron chi connectivity index (χ1n) is 3.64. The van der Waals surface area contributed by atoms with Crippen LogP contribution in [0.2, 0.25) is 0 Å². The maximum Gasteiger partial charge on any atom is 0.275 e. The third-order valence-electron chi connectivity index (χ3n) is 1.89. The molecule has 0 aromatic carbocycles. The molecule has 0 saturated carbocycles. The minimum Gasteiger partial charge on any atom is -0.267 e. The molecule has 0 spiro atoms. The summed E-state index contributed by atoms with van der Waals surface area (Å²) in [6, 6.07) is 0. The topological polar surface area (TPSA) is 79.1 Å². The molecule has 2 aliphatic rings. The molecule has 0 radical (unpaired) electrons. The number of nitrogens with zero attached hydrogens (tertiary/aromatic N) is 4. The van der Waals surface area contributed by atoms with Crippen molar-refractivity contribution in [3.05, 3.63) is 22.5 Å². The zero-order valence-electron chi connectivity index (χ0n) is 6.35. The number of nitrogens with one attached hydrogen (secondary N) is 1. The molecular weight excluding hydrogens is 170 g/mol. The lowest BCUT2D eigenvalue weighted by atomic mass is 10.2. The van der Waals surface area contributed by atoms with Crippen molar-refractivity contribution in [3.8, 4) is 0 Å². The van der Waals surface area contributed by atoms with Crippen LogP contribution >= 0.6 is 0 Å². The van der Waals surface area contributed by atoms with Crippen LogP contribution in [-0.4, -0.2) is 17.2 Å². The number of hydrogen-bond acceptors (Lipinski definition) is 5. The zero-order valence-corrected chi connectivity index (χ0v) is 6.35. The number of aliphatic imine (C=N–C) groups is 1. The van der Waals surface area contributed by atoms with E-state index in [2.05, 4.69) is 25.5 Å². The number of amides is 1. The zero-order chi connectivity index (χ0) is 8.84. The van der Waals surface area contributed by atoms with Gasteiger partial charge in [-0.05, 0) is 0 Å². The SMILES string of the molecule is O=C1NN=c2c1cnc1c2=NC=N1. The molecule has 0 bridgehead atoms. The Morgan fingerprint density at radius 3 is 3.15 bits per heavy atom. The number of carbonyl (C=O) groups is 1. The lowest BCUT2D eigenvalue weighted by Crippen LogP contribution is -2.27. The third-order valence-corrected chi connectivity index (χ3v) is 1.89. The van der Waals surface area contributed by atoms with Crippen LogP contribution in [0.3, 0.4) is 0 Å². The van der Waals surface area contributed by atoms with Crippen molar-refractivity contribution in [1.82, 2.24) is 10.4 Å². The second-order valence-electron chi connectivity index (χ2n) is 2.62. The Kier molecular flexibility index (Phi) is 0.974. The first kappa shape index (κ1) is 6.41. The quantitative estimate of drug-likeness (QED) is 0.526.